The number of hydrogen-bond donors (Lipinski definition) is 2. The second-order valence-corrected chi connectivity index (χ2v) is 7.69. The summed E-state index contributed by atoms with van der Waals surface area (Å²) in [6.07, 6.45) is 2.98. The monoisotopic (exact) mass is 472 g/mol. The van der Waals surface area contributed by atoms with Gasteiger partial charge in [0.1, 0.15) is 10.7 Å². The van der Waals surface area contributed by atoms with Crippen molar-refractivity contribution in [3.05, 3.63) is 0 Å². The van der Waals surface area contributed by atoms with Gasteiger partial charge in [0.25, 0.3) is 0 Å². The van der Waals surface area contributed by atoms with Crippen LogP contribution in [0.15, 0.2) is 0 Å². The first-order chi connectivity index (χ1) is 11.9. The number of rotatable bonds is 16. The van der Waals surface area contributed by atoms with Crippen molar-refractivity contribution in [2.45, 2.75) is 44.1 Å². The van der Waals surface area contributed by atoms with Crippen molar-refractivity contribution in [2.24, 2.45) is 5.92 Å². The van der Waals surface area contributed by atoms with Crippen molar-refractivity contribution in [1.29, 1.82) is 0 Å². The largest absolute Gasteiger partial charge is 0.380 e. The number of nitrogens with one attached hydrogen (secondary N) is 2. The number of hydrogen-bond acceptors (Lipinski definition) is 5. The highest BCUT2D eigenvalue weighted by atomic mass is 127. The summed E-state index contributed by atoms with van der Waals surface area (Å²) in [6.45, 7) is 9.21. The summed E-state index contributed by atoms with van der Waals surface area (Å²) >= 11 is 2.10. The van der Waals surface area contributed by atoms with Gasteiger partial charge in [0, 0.05) is 32.2 Å². The molecule has 148 valence electrons. The molecule has 0 rings (SSSR count). The minimum Gasteiger partial charge on any atom is -0.380 e. The molecule has 0 aliphatic heterocycles. The van der Waals surface area contributed by atoms with Crippen molar-refractivity contribution in [3.8, 4) is 0 Å². The SMILES string of the molecule is CC(I)OCC(=O)NCCOCCCCCOCCNC(=O)C(C)C. The predicted molar refractivity (Wildman–Crippen MR) is 106 cm³/mol. The molecule has 25 heavy (non-hydrogen) atoms. The molecule has 7 nitrogen and oxygen atoms in total. The van der Waals surface area contributed by atoms with Crippen molar-refractivity contribution >= 4 is 34.4 Å². The van der Waals surface area contributed by atoms with E-state index in [1.165, 1.54) is 0 Å². The second-order valence-electron chi connectivity index (χ2n) is 5.94. The molecule has 0 aromatic rings. The van der Waals surface area contributed by atoms with Crippen LogP contribution in [0.3, 0.4) is 0 Å². The molecule has 0 spiro atoms. The van der Waals surface area contributed by atoms with E-state index in [9.17, 15) is 9.59 Å². The third-order valence-corrected chi connectivity index (χ3v) is 3.52. The molecule has 0 bridgehead atoms. The van der Waals surface area contributed by atoms with E-state index in [0.717, 1.165) is 19.3 Å². The smallest absolute Gasteiger partial charge is 0.246 e. The first-order valence-electron chi connectivity index (χ1n) is 8.89. The molecule has 0 aromatic carbocycles. The molecule has 0 fully saturated rings. The van der Waals surface area contributed by atoms with Crippen LogP contribution in [0, 0.1) is 5.92 Å². The minimum absolute atomic E-state index is 0.0152. The van der Waals surface area contributed by atoms with Gasteiger partial charge in [-0.3, -0.25) is 9.59 Å². The summed E-state index contributed by atoms with van der Waals surface area (Å²) in [5.41, 5.74) is 0. The Kier molecular flexibility index (Phi) is 16.7. The molecule has 1 atom stereocenters. The number of unbranched alkanes of at least 4 members (excludes halogenated alkanes) is 2. The van der Waals surface area contributed by atoms with Gasteiger partial charge in [-0.05, 0) is 26.2 Å². The molecule has 0 heterocycles. The number of halogens is 1. The van der Waals surface area contributed by atoms with Gasteiger partial charge in [0.2, 0.25) is 11.8 Å². The molecule has 0 aromatic heterocycles. The lowest BCUT2D eigenvalue weighted by molar-refractivity contribution is -0.126. The first-order valence-corrected chi connectivity index (χ1v) is 10.1. The quantitative estimate of drug-likeness (QED) is 0.204. The van der Waals surface area contributed by atoms with Crippen LogP contribution in [0.5, 0.6) is 0 Å². The van der Waals surface area contributed by atoms with E-state index >= 15 is 0 Å². The summed E-state index contributed by atoms with van der Waals surface area (Å²) in [7, 11) is 0. The molecule has 0 aliphatic rings. The molecular weight excluding hydrogens is 439 g/mol. The zero-order valence-electron chi connectivity index (χ0n) is 15.6. The summed E-state index contributed by atoms with van der Waals surface area (Å²) in [5, 5.41) is 5.55. The average Bonchev–Trinajstić information content (AvgIpc) is 2.56. The second kappa shape index (κ2) is 17.0. The van der Waals surface area contributed by atoms with E-state index in [4.69, 9.17) is 14.2 Å². The van der Waals surface area contributed by atoms with Gasteiger partial charge in [-0.25, -0.2) is 0 Å². The Hall–Kier alpha value is -0.450. The Bertz CT molecular complexity index is 354. The Morgan fingerprint density at radius 2 is 1.44 bits per heavy atom. The Morgan fingerprint density at radius 1 is 0.880 bits per heavy atom. The van der Waals surface area contributed by atoms with Gasteiger partial charge in [0.15, 0.2) is 0 Å². The lowest BCUT2D eigenvalue weighted by Crippen LogP contribution is -2.31. The van der Waals surface area contributed by atoms with Gasteiger partial charge in [0.05, 0.1) is 13.2 Å². The van der Waals surface area contributed by atoms with Gasteiger partial charge >= 0.3 is 0 Å². The molecule has 0 radical (unpaired) electrons. The van der Waals surface area contributed by atoms with Gasteiger partial charge in [-0.15, -0.1) is 0 Å². The van der Waals surface area contributed by atoms with Crippen LogP contribution in [0.1, 0.15) is 40.0 Å². The third kappa shape index (κ3) is 18.1. The minimum atomic E-state index is -0.117. The average molecular weight is 472 g/mol. The van der Waals surface area contributed by atoms with Crippen LogP contribution in [0.2, 0.25) is 0 Å². The fourth-order valence-electron chi connectivity index (χ4n) is 1.74. The normalized spacial score (nSPS) is 12.2. The van der Waals surface area contributed by atoms with Crippen LogP contribution in [-0.4, -0.2) is 62.0 Å². The highest BCUT2D eigenvalue weighted by Crippen LogP contribution is 1.99. The highest BCUT2D eigenvalue weighted by molar-refractivity contribution is 14.1. The fourth-order valence-corrected chi connectivity index (χ4v) is 1.92. The van der Waals surface area contributed by atoms with Gasteiger partial charge in [-0.2, -0.15) is 0 Å². The van der Waals surface area contributed by atoms with Crippen molar-refractivity contribution < 1.29 is 23.8 Å². The molecule has 1 unspecified atom stereocenters. The number of ether oxygens (including phenoxy) is 3. The van der Waals surface area contributed by atoms with E-state index < -0.39 is 0 Å². The first kappa shape index (κ1) is 24.6. The number of alkyl halides is 1. The maximum absolute atomic E-state index is 11.4. The fraction of sp³-hybridized carbons (Fsp3) is 0.882. The lowest BCUT2D eigenvalue weighted by atomic mass is 10.2. The zero-order chi connectivity index (χ0) is 18.9. The Balaban J connectivity index is 3.19. The van der Waals surface area contributed by atoms with E-state index in [-0.39, 0.29) is 28.4 Å². The third-order valence-electron chi connectivity index (χ3n) is 3.16. The molecule has 8 heteroatoms. The number of carbonyl (C=O) groups excluding carboxylic acids is 2. The lowest BCUT2D eigenvalue weighted by Gasteiger charge is -2.09. The maximum Gasteiger partial charge on any atom is 0.246 e. The van der Waals surface area contributed by atoms with Crippen molar-refractivity contribution in [2.75, 3.05) is 46.1 Å². The van der Waals surface area contributed by atoms with E-state index in [0.29, 0.717) is 39.5 Å². The van der Waals surface area contributed by atoms with E-state index in [1.807, 2.05) is 20.8 Å². The Labute approximate surface area is 165 Å². The maximum atomic E-state index is 11.4. The topological polar surface area (TPSA) is 85.9 Å². The Morgan fingerprint density at radius 3 is 1.96 bits per heavy atom. The molecule has 0 aliphatic carbocycles. The van der Waals surface area contributed by atoms with Crippen LogP contribution in [0.25, 0.3) is 0 Å². The standard InChI is InChI=1S/C17H33IN2O5/c1-14(2)17(22)20-8-12-24-10-6-4-5-9-23-11-7-19-16(21)13-25-15(3)18/h14-15H,4-13H2,1-3H3,(H,19,21)(H,20,22). The van der Waals surface area contributed by atoms with E-state index in [2.05, 4.69) is 33.2 Å². The molecule has 0 saturated carbocycles. The summed E-state index contributed by atoms with van der Waals surface area (Å²) in [4.78, 5) is 22.7. The summed E-state index contributed by atoms with van der Waals surface area (Å²) < 4.78 is 16.1. The number of amides is 2. The van der Waals surface area contributed by atoms with Crippen LogP contribution < -0.4 is 10.6 Å². The zero-order valence-corrected chi connectivity index (χ0v) is 17.8. The van der Waals surface area contributed by atoms with Gasteiger partial charge in [-0.1, -0.05) is 36.4 Å². The molecule has 2 N–H and O–H groups in total. The van der Waals surface area contributed by atoms with Crippen LogP contribution >= 0.6 is 22.6 Å². The van der Waals surface area contributed by atoms with Gasteiger partial charge < -0.3 is 24.8 Å². The van der Waals surface area contributed by atoms with Crippen molar-refractivity contribution in [3.63, 3.8) is 0 Å². The van der Waals surface area contributed by atoms with E-state index in [1.54, 1.807) is 0 Å². The van der Waals surface area contributed by atoms with Crippen molar-refractivity contribution in [1.82, 2.24) is 10.6 Å². The number of carbonyl (C=O) groups is 2. The highest BCUT2D eigenvalue weighted by Gasteiger charge is 2.04. The molecule has 0 saturated heterocycles. The predicted octanol–water partition coefficient (Wildman–Crippen LogP) is 1.88. The summed E-state index contributed by atoms with van der Waals surface area (Å²) in [6, 6.07) is 0. The van der Waals surface area contributed by atoms with Crippen LogP contribution in [-0.2, 0) is 23.8 Å². The molecule has 2 amide bonds. The molecular formula is C17H33IN2O5. The summed E-state index contributed by atoms with van der Waals surface area (Å²) in [5.74, 6) is -0.0424. The van der Waals surface area contributed by atoms with Crippen LogP contribution in [0.4, 0.5) is 0 Å².